The van der Waals surface area contributed by atoms with Crippen molar-refractivity contribution in [3.05, 3.63) is 68.8 Å². The van der Waals surface area contributed by atoms with Crippen molar-refractivity contribution in [2.24, 2.45) is 0 Å². The van der Waals surface area contributed by atoms with Crippen molar-refractivity contribution in [2.75, 3.05) is 0 Å². The first-order chi connectivity index (χ1) is 14.0. The molecule has 0 bridgehead atoms. The maximum atomic E-state index is 12.7. The Morgan fingerprint density at radius 3 is 1.20 bits per heavy atom. The largest absolute Gasteiger partial charge is 0.507 e. The van der Waals surface area contributed by atoms with Gasteiger partial charge in [0.05, 0.1) is 22.3 Å². The Labute approximate surface area is 169 Å². The smallest absolute Gasteiger partial charge is 0.238 e. The van der Waals surface area contributed by atoms with Crippen LogP contribution in [0.15, 0.2) is 35.4 Å². The fourth-order valence-corrected chi connectivity index (χ4v) is 3.79. The third-order valence-corrected chi connectivity index (χ3v) is 5.08. The molecule has 0 unspecified atom stereocenters. The summed E-state index contributed by atoms with van der Waals surface area (Å²) in [6, 6.07) is 5.11. The topological polar surface area (TPSA) is 149 Å². The van der Waals surface area contributed by atoms with Gasteiger partial charge in [0.2, 0.25) is 23.1 Å². The Hall–Kier alpha value is -4.20. The molecule has 8 heteroatoms. The fourth-order valence-electron chi connectivity index (χ4n) is 3.79. The minimum Gasteiger partial charge on any atom is -0.507 e. The van der Waals surface area contributed by atoms with Crippen LogP contribution >= 0.6 is 0 Å². The highest BCUT2D eigenvalue weighted by molar-refractivity contribution is 6.60. The van der Waals surface area contributed by atoms with Gasteiger partial charge in [-0.3, -0.25) is 19.2 Å². The van der Waals surface area contributed by atoms with Gasteiger partial charge < -0.3 is 20.4 Å². The van der Waals surface area contributed by atoms with E-state index in [4.69, 9.17) is 0 Å². The number of aryl methyl sites for hydroxylation is 2. The predicted octanol–water partition coefficient (Wildman–Crippen LogP) is 2.48. The number of benzene rings is 2. The van der Waals surface area contributed by atoms with Crippen LogP contribution in [0.1, 0.15) is 43.0 Å². The van der Waals surface area contributed by atoms with E-state index < -0.39 is 68.4 Å². The zero-order chi connectivity index (χ0) is 22.1. The van der Waals surface area contributed by atoms with Crippen LogP contribution in [0.5, 0.6) is 11.5 Å². The van der Waals surface area contributed by atoms with Gasteiger partial charge in [0.15, 0.2) is 0 Å². The molecule has 0 atom stereocenters. The Morgan fingerprint density at radius 1 is 0.533 bits per heavy atom. The van der Waals surface area contributed by atoms with Crippen LogP contribution in [-0.2, 0) is 9.59 Å². The number of phenolic OH excluding ortho intramolecular Hbond substituents is 2. The molecule has 150 valence electrons. The molecule has 4 N–H and O–H groups in total. The summed E-state index contributed by atoms with van der Waals surface area (Å²) in [5.41, 5.74) is -2.04. The van der Waals surface area contributed by atoms with Gasteiger partial charge in [0.25, 0.3) is 0 Å². The zero-order valence-electron chi connectivity index (χ0n) is 15.7. The lowest BCUT2D eigenvalue weighted by atomic mass is 9.78. The first kappa shape index (κ1) is 19.1. The Kier molecular flexibility index (Phi) is 3.92. The summed E-state index contributed by atoms with van der Waals surface area (Å²) in [7, 11) is 0. The maximum Gasteiger partial charge on any atom is 0.238 e. The van der Waals surface area contributed by atoms with Gasteiger partial charge in [-0.05, 0) is 49.2 Å². The number of aromatic hydroxyl groups is 2. The van der Waals surface area contributed by atoms with Crippen LogP contribution in [0.25, 0.3) is 11.5 Å². The number of phenols is 2. The third-order valence-electron chi connectivity index (χ3n) is 5.08. The van der Waals surface area contributed by atoms with Crippen molar-refractivity contribution in [2.45, 2.75) is 13.8 Å². The second-order valence-electron chi connectivity index (χ2n) is 7.18. The number of hydrogen-bond donors (Lipinski definition) is 4. The molecule has 0 amide bonds. The van der Waals surface area contributed by atoms with Crippen LogP contribution in [-0.4, -0.2) is 43.6 Å². The van der Waals surface area contributed by atoms with Crippen LogP contribution in [0, 0.1) is 13.8 Å². The van der Waals surface area contributed by atoms with E-state index in [1.165, 1.54) is 24.3 Å². The number of Topliss-reactive ketones (excluding diaryl/α,β-unsaturated/α-hetero) is 4. The van der Waals surface area contributed by atoms with Crippen molar-refractivity contribution in [1.82, 2.24) is 0 Å². The van der Waals surface area contributed by atoms with Gasteiger partial charge in [0, 0.05) is 11.1 Å². The van der Waals surface area contributed by atoms with Gasteiger partial charge in [0.1, 0.15) is 23.0 Å². The molecule has 30 heavy (non-hydrogen) atoms. The van der Waals surface area contributed by atoms with Crippen molar-refractivity contribution in [1.29, 1.82) is 0 Å². The summed E-state index contributed by atoms with van der Waals surface area (Å²) in [5, 5.41) is 41.6. The first-order valence-corrected chi connectivity index (χ1v) is 8.77. The van der Waals surface area contributed by atoms with Gasteiger partial charge in [-0.2, -0.15) is 0 Å². The number of fused-ring (bicyclic) bond motifs is 2. The predicted molar refractivity (Wildman–Crippen MR) is 103 cm³/mol. The molecular formula is C22H14O8. The average molecular weight is 406 g/mol. The van der Waals surface area contributed by atoms with Crippen molar-refractivity contribution in [3.8, 4) is 11.5 Å². The summed E-state index contributed by atoms with van der Waals surface area (Å²) in [6.45, 7) is 3.14. The molecule has 0 fully saturated rings. The standard InChI is InChI=1S/C22H14O8/c1-7-3-9-13(11(23)5-7)19(27)21(29)15(17(9)25)16-18(26)10-4-8(2)6-12(24)14(10)20(28)22(16)30/h3-6,23-26H,1-2H3. The summed E-state index contributed by atoms with van der Waals surface area (Å²) in [6.07, 6.45) is 0. The summed E-state index contributed by atoms with van der Waals surface area (Å²) in [5.74, 6) is -7.81. The van der Waals surface area contributed by atoms with Gasteiger partial charge in [-0.15, -0.1) is 0 Å². The molecule has 2 aliphatic carbocycles. The number of hydrogen-bond acceptors (Lipinski definition) is 8. The molecule has 2 aromatic carbocycles. The van der Waals surface area contributed by atoms with Crippen molar-refractivity contribution < 1.29 is 39.6 Å². The monoisotopic (exact) mass is 406 g/mol. The van der Waals surface area contributed by atoms with Crippen LogP contribution in [0.4, 0.5) is 0 Å². The fraction of sp³-hybridized carbons (Fsp3) is 0.0909. The molecule has 8 nitrogen and oxygen atoms in total. The Bertz CT molecular complexity index is 1210. The minimum absolute atomic E-state index is 0.203. The van der Waals surface area contributed by atoms with Crippen molar-refractivity contribution in [3.63, 3.8) is 0 Å². The molecule has 0 saturated carbocycles. The third kappa shape index (κ3) is 2.40. The molecule has 2 aromatic rings. The van der Waals surface area contributed by atoms with Crippen LogP contribution < -0.4 is 0 Å². The van der Waals surface area contributed by atoms with E-state index in [0.717, 1.165) is 0 Å². The number of rotatable bonds is 1. The lowest BCUT2D eigenvalue weighted by Gasteiger charge is -2.24. The zero-order valence-corrected chi connectivity index (χ0v) is 15.7. The molecule has 0 aromatic heterocycles. The Morgan fingerprint density at radius 2 is 0.867 bits per heavy atom. The van der Waals surface area contributed by atoms with E-state index >= 15 is 0 Å². The second-order valence-corrected chi connectivity index (χ2v) is 7.18. The molecule has 0 radical (unpaired) electrons. The number of allylic oxidation sites excluding steroid dienone is 2. The van der Waals surface area contributed by atoms with Gasteiger partial charge in [-0.25, -0.2) is 0 Å². The second kappa shape index (κ2) is 6.15. The number of carbonyl (C=O) groups is 4. The van der Waals surface area contributed by atoms with E-state index in [-0.39, 0.29) is 11.1 Å². The number of aliphatic hydroxyl groups excluding tert-OH is 2. The van der Waals surface area contributed by atoms with E-state index in [1.54, 1.807) is 13.8 Å². The lowest BCUT2D eigenvalue weighted by molar-refractivity contribution is -0.114. The van der Waals surface area contributed by atoms with Crippen molar-refractivity contribution >= 4 is 34.7 Å². The summed E-state index contributed by atoms with van der Waals surface area (Å²) < 4.78 is 0. The lowest BCUT2D eigenvalue weighted by Crippen LogP contribution is -2.32. The van der Waals surface area contributed by atoms with E-state index in [0.29, 0.717) is 11.1 Å². The molecular weight excluding hydrogens is 392 g/mol. The summed E-state index contributed by atoms with van der Waals surface area (Å²) >= 11 is 0. The van der Waals surface area contributed by atoms with E-state index in [2.05, 4.69) is 0 Å². The highest BCUT2D eigenvalue weighted by Crippen LogP contribution is 2.42. The number of aliphatic hydroxyl groups is 2. The molecule has 0 saturated heterocycles. The number of ketones is 4. The van der Waals surface area contributed by atoms with E-state index in [9.17, 15) is 39.6 Å². The normalized spacial score (nSPS) is 16.2. The van der Waals surface area contributed by atoms with Gasteiger partial charge >= 0.3 is 0 Å². The quantitative estimate of drug-likeness (QED) is 0.528. The highest BCUT2D eigenvalue weighted by Gasteiger charge is 2.44. The Balaban J connectivity index is 2.10. The van der Waals surface area contributed by atoms with Crippen LogP contribution in [0.2, 0.25) is 0 Å². The number of carbonyl (C=O) groups excluding carboxylic acids is 4. The first-order valence-electron chi connectivity index (χ1n) is 8.77. The molecule has 0 aliphatic heterocycles. The highest BCUT2D eigenvalue weighted by atomic mass is 16.3. The molecule has 4 rings (SSSR count). The molecule has 0 heterocycles. The SMILES string of the molecule is Cc1cc(O)c2c(c1)C(O)=C(C1=C(O)c3cc(C)cc(O)c3C(=O)C1=O)C(=O)C2=O. The maximum absolute atomic E-state index is 12.7. The van der Waals surface area contributed by atoms with Gasteiger partial charge in [-0.1, -0.05) is 0 Å². The average Bonchev–Trinajstić information content (AvgIpc) is 2.66. The summed E-state index contributed by atoms with van der Waals surface area (Å²) in [4.78, 5) is 50.7. The molecule has 2 aliphatic rings. The molecule has 0 spiro atoms. The van der Waals surface area contributed by atoms with E-state index in [1.807, 2.05) is 0 Å². The minimum atomic E-state index is -1.36. The van der Waals surface area contributed by atoms with Crippen LogP contribution in [0.3, 0.4) is 0 Å².